The van der Waals surface area contributed by atoms with E-state index in [1.165, 1.54) is 4.90 Å². The Bertz CT molecular complexity index is 1160. The van der Waals surface area contributed by atoms with E-state index in [4.69, 9.17) is 11.6 Å². The molecule has 0 atom stereocenters. The molecule has 0 spiro atoms. The molecule has 1 saturated heterocycles. The maximum atomic E-state index is 12.9. The topological polar surface area (TPSA) is 62.5 Å². The third-order valence-corrected chi connectivity index (χ3v) is 6.15. The first-order chi connectivity index (χ1) is 14.3. The third-order valence-electron chi connectivity index (χ3n) is 4.99. The molecule has 0 aliphatic carbocycles. The molecule has 1 aromatic heterocycles. The molecule has 5 nitrogen and oxygen atoms in total. The summed E-state index contributed by atoms with van der Waals surface area (Å²) < 4.78 is 2.04. The first kappa shape index (κ1) is 20.3. The molecule has 0 bridgehead atoms. The van der Waals surface area contributed by atoms with E-state index in [0.29, 0.717) is 9.93 Å². The summed E-state index contributed by atoms with van der Waals surface area (Å²) in [6, 6.07) is 16.0. The van der Waals surface area contributed by atoms with E-state index in [1.807, 2.05) is 36.6 Å². The van der Waals surface area contributed by atoms with Crippen molar-refractivity contribution in [2.75, 3.05) is 0 Å². The Morgan fingerprint density at radius 1 is 1.03 bits per heavy atom. The van der Waals surface area contributed by atoms with Crippen LogP contribution in [-0.2, 0) is 11.3 Å². The van der Waals surface area contributed by atoms with Crippen LogP contribution in [0.25, 0.3) is 11.8 Å². The summed E-state index contributed by atoms with van der Waals surface area (Å²) in [5.74, 6) is -0.0924. The highest BCUT2D eigenvalue weighted by Crippen LogP contribution is 2.34. The Hall–Kier alpha value is -2.96. The lowest BCUT2D eigenvalue weighted by atomic mass is 10.2. The number of carbonyl (C=O) groups excluding carboxylic acids is 2. The average Bonchev–Trinajstić information content (AvgIpc) is 3.14. The molecule has 1 fully saturated rings. The fourth-order valence-electron chi connectivity index (χ4n) is 3.48. The number of hydrogen-bond donors (Lipinski definition) is 1. The highest BCUT2D eigenvalue weighted by molar-refractivity contribution is 8.18. The van der Waals surface area contributed by atoms with Crippen molar-refractivity contribution in [1.29, 1.82) is 0 Å². The fourth-order valence-corrected chi connectivity index (χ4v) is 4.44. The number of aryl methyl sites for hydroxylation is 1. The van der Waals surface area contributed by atoms with Crippen LogP contribution < -0.4 is 0 Å². The molecule has 0 saturated carbocycles. The Labute approximate surface area is 183 Å². The van der Waals surface area contributed by atoms with Gasteiger partial charge in [-0.1, -0.05) is 23.7 Å². The van der Waals surface area contributed by atoms with Crippen molar-refractivity contribution in [3.05, 3.63) is 87.0 Å². The number of halogens is 1. The van der Waals surface area contributed by atoms with Crippen LogP contribution in [0.1, 0.15) is 22.5 Å². The van der Waals surface area contributed by atoms with Gasteiger partial charge in [-0.25, -0.2) is 0 Å². The molecule has 1 aliphatic heterocycles. The number of phenols is 1. The smallest absolute Gasteiger partial charge is 0.293 e. The zero-order valence-electron chi connectivity index (χ0n) is 16.4. The molecular weight excluding hydrogens is 420 g/mol. The van der Waals surface area contributed by atoms with Crippen LogP contribution in [0.3, 0.4) is 0 Å². The van der Waals surface area contributed by atoms with Crippen LogP contribution in [0.2, 0.25) is 5.02 Å². The second-order valence-electron chi connectivity index (χ2n) is 7.07. The summed E-state index contributed by atoms with van der Waals surface area (Å²) in [5, 5.41) is 9.86. The Morgan fingerprint density at radius 2 is 1.70 bits per heavy atom. The normalized spacial score (nSPS) is 15.4. The van der Waals surface area contributed by atoms with Gasteiger partial charge >= 0.3 is 0 Å². The van der Waals surface area contributed by atoms with Gasteiger partial charge in [0, 0.05) is 22.1 Å². The first-order valence-corrected chi connectivity index (χ1v) is 10.5. The maximum Gasteiger partial charge on any atom is 0.293 e. The predicted octanol–water partition coefficient (Wildman–Crippen LogP) is 5.69. The first-order valence-electron chi connectivity index (χ1n) is 9.31. The summed E-state index contributed by atoms with van der Waals surface area (Å²) in [7, 11) is 0. The number of hydrogen-bond acceptors (Lipinski definition) is 4. The van der Waals surface area contributed by atoms with Crippen LogP contribution in [0.4, 0.5) is 4.79 Å². The van der Waals surface area contributed by atoms with Crippen molar-refractivity contribution in [3.63, 3.8) is 0 Å². The molecule has 1 aliphatic rings. The molecule has 3 aromatic rings. The molecule has 7 heteroatoms. The number of aromatic nitrogens is 1. The minimum atomic E-state index is -0.297. The van der Waals surface area contributed by atoms with Gasteiger partial charge in [-0.3, -0.25) is 14.5 Å². The Morgan fingerprint density at radius 3 is 2.37 bits per heavy atom. The summed E-state index contributed by atoms with van der Waals surface area (Å²) in [5.41, 5.74) is 4.57. The van der Waals surface area contributed by atoms with Gasteiger partial charge in [-0.2, -0.15) is 0 Å². The maximum absolute atomic E-state index is 12.9. The minimum absolute atomic E-state index is 0.204. The SMILES string of the molecule is Cc1cc(/C=C2/SC(=O)N(Cc3ccc(Cl)cc3)C2=O)c(C)n1-c1ccc(O)cc1. The molecule has 2 amide bonds. The quantitative estimate of drug-likeness (QED) is 0.531. The van der Waals surface area contributed by atoms with Crippen molar-refractivity contribution in [3.8, 4) is 11.4 Å². The molecule has 2 aromatic carbocycles. The molecule has 2 heterocycles. The zero-order valence-corrected chi connectivity index (χ0v) is 18.0. The number of thioether (sulfide) groups is 1. The van der Waals surface area contributed by atoms with Gasteiger partial charge in [0.05, 0.1) is 11.4 Å². The standard InChI is InChI=1S/C23H19ClN2O3S/c1-14-11-17(15(2)26(14)19-7-9-20(27)10-8-19)12-21-22(28)25(23(29)30-21)13-16-3-5-18(24)6-4-16/h3-12,27H,13H2,1-2H3/b21-12+. The Balaban J connectivity index is 1.61. The van der Waals surface area contributed by atoms with E-state index in [2.05, 4.69) is 0 Å². The van der Waals surface area contributed by atoms with Crippen molar-refractivity contribution in [2.24, 2.45) is 0 Å². The molecule has 4 rings (SSSR count). The number of nitrogens with zero attached hydrogens (tertiary/aromatic N) is 2. The van der Waals surface area contributed by atoms with E-state index in [-0.39, 0.29) is 23.4 Å². The summed E-state index contributed by atoms with van der Waals surface area (Å²) in [4.78, 5) is 26.9. The highest BCUT2D eigenvalue weighted by atomic mass is 35.5. The fraction of sp³-hybridized carbons (Fsp3) is 0.130. The van der Waals surface area contributed by atoms with Crippen molar-refractivity contribution < 1.29 is 14.7 Å². The highest BCUT2D eigenvalue weighted by Gasteiger charge is 2.35. The monoisotopic (exact) mass is 438 g/mol. The summed E-state index contributed by atoms with van der Waals surface area (Å²) in [6.45, 7) is 4.15. The van der Waals surface area contributed by atoms with Crippen LogP contribution in [0.5, 0.6) is 5.75 Å². The number of aromatic hydroxyl groups is 1. The van der Waals surface area contributed by atoms with Crippen LogP contribution in [-0.4, -0.2) is 25.7 Å². The van der Waals surface area contributed by atoms with E-state index in [9.17, 15) is 14.7 Å². The van der Waals surface area contributed by atoms with E-state index in [0.717, 1.165) is 40.0 Å². The molecule has 30 heavy (non-hydrogen) atoms. The van der Waals surface area contributed by atoms with Gasteiger partial charge in [-0.05, 0) is 85.3 Å². The summed E-state index contributed by atoms with van der Waals surface area (Å²) in [6.07, 6.45) is 1.77. The predicted molar refractivity (Wildman–Crippen MR) is 120 cm³/mol. The lowest BCUT2D eigenvalue weighted by molar-refractivity contribution is -0.123. The molecule has 0 unspecified atom stereocenters. The van der Waals surface area contributed by atoms with Crippen molar-refractivity contribution in [2.45, 2.75) is 20.4 Å². The number of phenolic OH excluding ortho intramolecular Hbond substituents is 1. The number of rotatable bonds is 4. The third kappa shape index (κ3) is 3.88. The minimum Gasteiger partial charge on any atom is -0.508 e. The van der Waals surface area contributed by atoms with Gasteiger partial charge in [0.1, 0.15) is 5.75 Å². The van der Waals surface area contributed by atoms with E-state index in [1.54, 1.807) is 42.5 Å². The average molecular weight is 439 g/mol. The number of carbonyl (C=O) groups is 2. The van der Waals surface area contributed by atoms with Crippen molar-refractivity contribution >= 4 is 40.6 Å². The van der Waals surface area contributed by atoms with Gasteiger partial charge < -0.3 is 9.67 Å². The van der Waals surface area contributed by atoms with Crippen LogP contribution in [0.15, 0.2) is 59.5 Å². The largest absolute Gasteiger partial charge is 0.508 e. The Kier molecular flexibility index (Phi) is 5.45. The molecule has 152 valence electrons. The molecule has 0 radical (unpaired) electrons. The number of imide groups is 1. The van der Waals surface area contributed by atoms with Crippen molar-refractivity contribution in [1.82, 2.24) is 9.47 Å². The van der Waals surface area contributed by atoms with Gasteiger partial charge in [0.15, 0.2) is 0 Å². The molecular formula is C23H19ClN2O3S. The zero-order chi connectivity index (χ0) is 21.4. The van der Waals surface area contributed by atoms with E-state index < -0.39 is 0 Å². The second-order valence-corrected chi connectivity index (χ2v) is 8.50. The number of benzene rings is 2. The van der Waals surface area contributed by atoms with Crippen LogP contribution in [0, 0.1) is 13.8 Å². The van der Waals surface area contributed by atoms with Gasteiger partial charge in [-0.15, -0.1) is 0 Å². The lowest BCUT2D eigenvalue weighted by Gasteiger charge is -2.12. The molecule has 1 N–H and O–H groups in total. The van der Waals surface area contributed by atoms with E-state index >= 15 is 0 Å². The van der Waals surface area contributed by atoms with Gasteiger partial charge in [0.25, 0.3) is 11.1 Å². The number of amides is 2. The van der Waals surface area contributed by atoms with Gasteiger partial charge in [0.2, 0.25) is 0 Å². The summed E-state index contributed by atoms with van der Waals surface area (Å²) >= 11 is 6.86. The second kappa shape index (κ2) is 8.05. The lowest BCUT2D eigenvalue weighted by Crippen LogP contribution is -2.27. The van der Waals surface area contributed by atoms with Crippen LogP contribution >= 0.6 is 23.4 Å².